The minimum absolute atomic E-state index is 0.192. The third-order valence-electron chi connectivity index (χ3n) is 8.39. The fraction of sp³-hybridized carbons (Fsp3) is 0.444. The molecule has 0 saturated heterocycles. The van der Waals surface area contributed by atoms with E-state index < -0.39 is 12.1 Å². The van der Waals surface area contributed by atoms with Crippen molar-refractivity contribution in [2.75, 3.05) is 51.1 Å². The lowest BCUT2D eigenvalue weighted by Crippen LogP contribution is -2.48. The Labute approximate surface area is 282 Å². The van der Waals surface area contributed by atoms with E-state index in [0.717, 1.165) is 19.3 Å². The quantitative estimate of drug-likeness (QED) is 0.295. The number of aromatic nitrogens is 1. The molecule has 0 saturated carbocycles. The number of urea groups is 1. The molecular formula is C36H47N5O7. The monoisotopic (exact) mass is 661 g/mol. The van der Waals surface area contributed by atoms with Gasteiger partial charge in [-0.1, -0.05) is 6.92 Å². The molecule has 4 amide bonds. The van der Waals surface area contributed by atoms with Gasteiger partial charge in [-0.05, 0) is 87.7 Å². The predicted molar refractivity (Wildman–Crippen MR) is 184 cm³/mol. The summed E-state index contributed by atoms with van der Waals surface area (Å²) in [6.45, 7) is 6.43. The number of anilines is 2. The Hall–Kier alpha value is -4.68. The van der Waals surface area contributed by atoms with Crippen LogP contribution in [0.3, 0.4) is 0 Å². The zero-order valence-electron chi connectivity index (χ0n) is 28.3. The lowest BCUT2D eigenvalue weighted by molar-refractivity contribution is -0.0115. The van der Waals surface area contributed by atoms with E-state index in [2.05, 4.69) is 15.6 Å². The van der Waals surface area contributed by atoms with Crippen LogP contribution in [0.15, 0.2) is 67.0 Å². The van der Waals surface area contributed by atoms with Crippen LogP contribution < -0.4 is 20.1 Å². The van der Waals surface area contributed by atoms with Crippen LogP contribution in [-0.4, -0.2) is 96.4 Å². The highest BCUT2D eigenvalue weighted by Gasteiger charge is 2.31. The number of carbonyl (C=O) groups excluding carboxylic acids is 3. The zero-order valence-corrected chi connectivity index (χ0v) is 28.3. The first-order valence-electron chi connectivity index (χ1n) is 16.3. The van der Waals surface area contributed by atoms with Crippen molar-refractivity contribution in [2.45, 2.75) is 58.3 Å². The van der Waals surface area contributed by atoms with Gasteiger partial charge in [0.1, 0.15) is 11.5 Å². The van der Waals surface area contributed by atoms with Gasteiger partial charge in [-0.25, -0.2) is 4.79 Å². The third kappa shape index (κ3) is 9.91. The van der Waals surface area contributed by atoms with Crippen molar-refractivity contribution in [2.24, 2.45) is 5.92 Å². The molecule has 1 aliphatic heterocycles. The second kappa shape index (κ2) is 17.5. The van der Waals surface area contributed by atoms with Gasteiger partial charge in [0.2, 0.25) is 0 Å². The van der Waals surface area contributed by atoms with Crippen molar-refractivity contribution >= 4 is 29.2 Å². The van der Waals surface area contributed by atoms with E-state index in [9.17, 15) is 19.5 Å². The number of ether oxygens (including phenoxy) is 3. The van der Waals surface area contributed by atoms with Crippen LogP contribution >= 0.6 is 0 Å². The van der Waals surface area contributed by atoms with Gasteiger partial charge in [-0.15, -0.1) is 0 Å². The Morgan fingerprint density at radius 3 is 2.46 bits per heavy atom. The molecule has 12 nitrogen and oxygen atoms in total. The van der Waals surface area contributed by atoms with Gasteiger partial charge in [0.25, 0.3) is 11.8 Å². The zero-order chi connectivity index (χ0) is 34.6. The predicted octanol–water partition coefficient (Wildman–Crippen LogP) is 5.30. The molecule has 2 aromatic carbocycles. The maximum Gasteiger partial charge on any atom is 0.321 e. The third-order valence-corrected chi connectivity index (χ3v) is 8.39. The molecule has 48 heavy (non-hydrogen) atoms. The molecule has 4 rings (SSSR count). The summed E-state index contributed by atoms with van der Waals surface area (Å²) in [7, 11) is 3.29. The van der Waals surface area contributed by atoms with Gasteiger partial charge in [0.05, 0.1) is 37.5 Å². The minimum Gasteiger partial charge on any atom is -0.497 e. The van der Waals surface area contributed by atoms with Gasteiger partial charge < -0.3 is 39.8 Å². The molecule has 0 aliphatic carbocycles. The standard InChI is InChI=1S/C36H47N5O7/c1-24-21-41(25(2)23-42)35(44)31-20-29(38-34(43)27-15-17-37-18-16-27)11-14-32(31)48-26(3)8-6-7-19-47-33(24)22-40(4)36(45)39-28-9-12-30(46-5)13-10-28/h9-18,20,24-26,33,42H,6-8,19,21-23H2,1-5H3,(H,38,43)(H,39,45)/t24-,25-,26-,33+/m1/s1. The van der Waals surface area contributed by atoms with Gasteiger partial charge in [-0.3, -0.25) is 14.6 Å². The molecule has 0 radical (unpaired) electrons. The van der Waals surface area contributed by atoms with Gasteiger partial charge in [0.15, 0.2) is 0 Å². The summed E-state index contributed by atoms with van der Waals surface area (Å²) < 4.78 is 17.9. The first-order chi connectivity index (χ1) is 23.1. The topological polar surface area (TPSA) is 143 Å². The summed E-state index contributed by atoms with van der Waals surface area (Å²) in [5, 5.41) is 16.0. The Morgan fingerprint density at radius 2 is 1.77 bits per heavy atom. The second-order valence-electron chi connectivity index (χ2n) is 12.2. The molecule has 12 heteroatoms. The molecule has 0 fully saturated rings. The number of aliphatic hydroxyl groups excluding tert-OH is 1. The van der Waals surface area contributed by atoms with Crippen molar-refractivity contribution in [3.8, 4) is 11.5 Å². The summed E-state index contributed by atoms with van der Waals surface area (Å²) in [5.41, 5.74) is 1.76. The molecular weight excluding hydrogens is 614 g/mol. The summed E-state index contributed by atoms with van der Waals surface area (Å²) in [6, 6.07) is 14.5. The number of aliphatic hydroxyl groups is 1. The summed E-state index contributed by atoms with van der Waals surface area (Å²) in [5.74, 6) is 0.173. The molecule has 0 spiro atoms. The normalized spacial score (nSPS) is 19.6. The van der Waals surface area contributed by atoms with Crippen LogP contribution in [0.1, 0.15) is 60.7 Å². The number of benzene rings is 2. The highest BCUT2D eigenvalue weighted by Crippen LogP contribution is 2.29. The van der Waals surface area contributed by atoms with E-state index in [-0.39, 0.29) is 55.1 Å². The van der Waals surface area contributed by atoms with Crippen LogP contribution in [0.25, 0.3) is 0 Å². The number of fused-ring (bicyclic) bond motifs is 1. The van der Waals surface area contributed by atoms with E-state index in [4.69, 9.17) is 14.2 Å². The van der Waals surface area contributed by atoms with Crippen LogP contribution in [0.2, 0.25) is 0 Å². The van der Waals surface area contributed by atoms with Crippen molar-refractivity contribution in [1.29, 1.82) is 0 Å². The first-order valence-corrected chi connectivity index (χ1v) is 16.3. The van der Waals surface area contributed by atoms with E-state index in [1.807, 2.05) is 13.8 Å². The van der Waals surface area contributed by atoms with E-state index in [0.29, 0.717) is 35.0 Å². The molecule has 2 heterocycles. The average molecular weight is 662 g/mol. The maximum absolute atomic E-state index is 14.3. The summed E-state index contributed by atoms with van der Waals surface area (Å²) >= 11 is 0. The first kappa shape index (κ1) is 36.2. The lowest BCUT2D eigenvalue weighted by Gasteiger charge is -2.35. The number of amides is 4. The number of carbonyl (C=O) groups is 3. The van der Waals surface area contributed by atoms with E-state index in [1.54, 1.807) is 85.5 Å². The number of pyridine rings is 1. The molecule has 3 aromatic rings. The average Bonchev–Trinajstić information content (AvgIpc) is 3.10. The van der Waals surface area contributed by atoms with Crippen LogP contribution in [0.5, 0.6) is 11.5 Å². The number of nitrogens with one attached hydrogen (secondary N) is 2. The summed E-state index contributed by atoms with van der Waals surface area (Å²) in [4.78, 5) is 47.5. The molecule has 258 valence electrons. The number of hydrogen-bond donors (Lipinski definition) is 3. The molecule has 3 N–H and O–H groups in total. The maximum atomic E-state index is 14.3. The van der Waals surface area contributed by atoms with E-state index in [1.165, 1.54) is 12.4 Å². The highest BCUT2D eigenvalue weighted by molar-refractivity contribution is 6.05. The van der Waals surface area contributed by atoms with Gasteiger partial charge in [-0.2, -0.15) is 0 Å². The van der Waals surface area contributed by atoms with Crippen LogP contribution in [0.4, 0.5) is 16.2 Å². The fourth-order valence-electron chi connectivity index (χ4n) is 5.42. The molecule has 1 aliphatic rings. The SMILES string of the molecule is COc1ccc(NC(=O)N(C)C[C@@H]2OCCCC[C@@H](C)Oc3ccc(NC(=O)c4ccncc4)cc3C(=O)N([C@H](C)CO)C[C@H]2C)cc1. The van der Waals surface area contributed by atoms with Crippen LogP contribution in [0, 0.1) is 5.92 Å². The Morgan fingerprint density at radius 1 is 1.06 bits per heavy atom. The Balaban J connectivity index is 1.58. The number of methoxy groups -OCH3 is 1. The molecule has 4 atom stereocenters. The Bertz CT molecular complexity index is 1500. The summed E-state index contributed by atoms with van der Waals surface area (Å²) in [6.07, 6.45) is 4.85. The second-order valence-corrected chi connectivity index (χ2v) is 12.2. The van der Waals surface area contributed by atoms with E-state index >= 15 is 0 Å². The van der Waals surface area contributed by atoms with Crippen molar-refractivity contribution in [1.82, 2.24) is 14.8 Å². The fourth-order valence-corrected chi connectivity index (χ4v) is 5.42. The molecule has 0 unspecified atom stereocenters. The Kier molecular flexibility index (Phi) is 13.2. The van der Waals surface area contributed by atoms with Crippen LogP contribution in [-0.2, 0) is 4.74 Å². The van der Waals surface area contributed by atoms with Crippen molar-refractivity contribution in [3.63, 3.8) is 0 Å². The number of rotatable bonds is 8. The number of hydrogen-bond acceptors (Lipinski definition) is 8. The molecule has 0 bridgehead atoms. The smallest absolute Gasteiger partial charge is 0.321 e. The van der Waals surface area contributed by atoms with Crippen molar-refractivity contribution < 1.29 is 33.7 Å². The van der Waals surface area contributed by atoms with Gasteiger partial charge in [0, 0.05) is 62.0 Å². The minimum atomic E-state index is -0.537. The largest absolute Gasteiger partial charge is 0.497 e. The lowest BCUT2D eigenvalue weighted by atomic mass is 10.0. The molecule has 1 aromatic heterocycles. The number of nitrogens with zero attached hydrogens (tertiary/aromatic N) is 3. The number of likely N-dealkylation sites (N-methyl/N-ethyl adjacent to an activating group) is 1. The van der Waals surface area contributed by atoms with Gasteiger partial charge >= 0.3 is 6.03 Å². The highest BCUT2D eigenvalue weighted by atomic mass is 16.5. The van der Waals surface area contributed by atoms with Crippen molar-refractivity contribution in [3.05, 3.63) is 78.1 Å².